The topological polar surface area (TPSA) is 20.2 Å². The molecule has 1 heteroatoms. The van der Waals surface area contributed by atoms with Crippen LogP contribution in [0.5, 0.6) is 0 Å². The number of hydrogen-bond acceptors (Lipinski definition) is 1. The van der Waals surface area contributed by atoms with Crippen LogP contribution in [0.1, 0.15) is 92.4 Å². The fourth-order valence-corrected chi connectivity index (χ4v) is 7.72. The maximum absolute atomic E-state index is 10.2. The normalized spacial score (nSPS) is 47.3. The molecule has 0 spiro atoms. The van der Waals surface area contributed by atoms with Crippen LogP contribution in [0.4, 0.5) is 0 Å². The highest BCUT2D eigenvalue weighted by molar-refractivity contribution is 5.25. The van der Waals surface area contributed by atoms with E-state index in [1.807, 2.05) is 0 Å². The third kappa shape index (κ3) is 3.37. The highest BCUT2D eigenvalue weighted by Gasteiger charge is 2.58. The molecule has 4 rings (SSSR count). The Morgan fingerprint density at radius 2 is 1.85 bits per heavy atom. The first-order valence-electron chi connectivity index (χ1n) is 11.7. The maximum Gasteiger partial charge on any atom is 0.0577 e. The first-order chi connectivity index (χ1) is 12.6. The first-order valence-corrected chi connectivity index (χ1v) is 11.7. The molecule has 27 heavy (non-hydrogen) atoms. The van der Waals surface area contributed by atoms with Gasteiger partial charge in [-0.05, 0) is 97.7 Å². The van der Waals surface area contributed by atoms with Crippen molar-refractivity contribution < 1.29 is 5.11 Å². The molecule has 0 amide bonds. The molecular weight excluding hydrogens is 328 g/mol. The lowest BCUT2D eigenvalue weighted by molar-refractivity contribution is -0.0492. The van der Waals surface area contributed by atoms with Gasteiger partial charge in [-0.15, -0.1) is 0 Å². The molecular formula is C26H42O. The van der Waals surface area contributed by atoms with Crippen molar-refractivity contribution in [2.75, 3.05) is 0 Å². The van der Waals surface area contributed by atoms with E-state index in [2.05, 4.69) is 52.8 Å². The fourth-order valence-electron chi connectivity index (χ4n) is 7.72. The first kappa shape index (κ1) is 19.7. The number of rotatable bonds is 2. The SMILES string of the molecule is CC(C)(C)/C=C/C[C@H]1CC[C@H]2[C@@H]3CC=C4C[C@@H](O)CC[C@]4(C)[C@H]3CC[C@]12C. The Labute approximate surface area is 167 Å². The summed E-state index contributed by atoms with van der Waals surface area (Å²) in [6.07, 6.45) is 18.9. The molecule has 0 aromatic carbocycles. The van der Waals surface area contributed by atoms with E-state index in [1.54, 1.807) is 5.57 Å². The van der Waals surface area contributed by atoms with E-state index >= 15 is 0 Å². The molecule has 1 N–H and O–H groups in total. The second-order valence-corrected chi connectivity index (χ2v) is 12.0. The summed E-state index contributed by atoms with van der Waals surface area (Å²) in [6, 6.07) is 0. The third-order valence-corrected chi connectivity index (χ3v) is 9.31. The molecule has 0 aromatic heterocycles. The molecule has 0 unspecified atom stereocenters. The van der Waals surface area contributed by atoms with Crippen LogP contribution in [0.15, 0.2) is 23.8 Å². The van der Waals surface area contributed by atoms with Gasteiger partial charge in [0, 0.05) is 0 Å². The predicted molar refractivity (Wildman–Crippen MR) is 114 cm³/mol. The van der Waals surface area contributed by atoms with Crippen molar-refractivity contribution in [3.63, 3.8) is 0 Å². The molecule has 0 radical (unpaired) electrons. The molecule has 0 bridgehead atoms. The Morgan fingerprint density at radius 1 is 1.07 bits per heavy atom. The number of hydrogen-bond donors (Lipinski definition) is 1. The van der Waals surface area contributed by atoms with Crippen molar-refractivity contribution >= 4 is 0 Å². The molecule has 1 nitrogen and oxygen atoms in total. The zero-order valence-electron chi connectivity index (χ0n) is 18.4. The minimum Gasteiger partial charge on any atom is -0.393 e. The molecule has 3 fully saturated rings. The van der Waals surface area contributed by atoms with E-state index in [0.717, 1.165) is 36.5 Å². The Morgan fingerprint density at radius 3 is 2.59 bits per heavy atom. The quantitative estimate of drug-likeness (QED) is 0.523. The summed E-state index contributed by atoms with van der Waals surface area (Å²) in [6.45, 7) is 12.1. The lowest BCUT2D eigenvalue weighted by Crippen LogP contribution is -2.50. The lowest BCUT2D eigenvalue weighted by atomic mass is 9.47. The van der Waals surface area contributed by atoms with Gasteiger partial charge in [0.05, 0.1) is 6.10 Å². The van der Waals surface area contributed by atoms with Gasteiger partial charge in [0.1, 0.15) is 0 Å². The van der Waals surface area contributed by atoms with E-state index in [-0.39, 0.29) is 6.10 Å². The van der Waals surface area contributed by atoms with E-state index in [9.17, 15) is 5.11 Å². The Hall–Kier alpha value is -0.560. The highest BCUT2D eigenvalue weighted by Crippen LogP contribution is 2.66. The molecule has 0 aliphatic heterocycles. The van der Waals surface area contributed by atoms with Crippen LogP contribution in [0.2, 0.25) is 0 Å². The zero-order valence-corrected chi connectivity index (χ0v) is 18.4. The summed E-state index contributed by atoms with van der Waals surface area (Å²) in [5, 5.41) is 10.2. The molecule has 152 valence electrons. The number of aliphatic hydroxyl groups excluding tert-OH is 1. The minimum atomic E-state index is -0.0832. The highest BCUT2D eigenvalue weighted by atomic mass is 16.3. The minimum absolute atomic E-state index is 0.0832. The van der Waals surface area contributed by atoms with Crippen LogP contribution in [-0.4, -0.2) is 11.2 Å². The number of allylic oxidation sites excluding steroid dienone is 3. The molecule has 0 aromatic rings. The van der Waals surface area contributed by atoms with E-state index in [0.29, 0.717) is 16.2 Å². The van der Waals surface area contributed by atoms with Crippen LogP contribution in [0.3, 0.4) is 0 Å². The smallest absolute Gasteiger partial charge is 0.0577 e. The molecule has 4 aliphatic carbocycles. The monoisotopic (exact) mass is 370 g/mol. The van der Waals surface area contributed by atoms with Gasteiger partial charge in [-0.3, -0.25) is 0 Å². The maximum atomic E-state index is 10.2. The Bertz CT molecular complexity index is 623. The van der Waals surface area contributed by atoms with Crippen molar-refractivity contribution in [3.05, 3.63) is 23.8 Å². The van der Waals surface area contributed by atoms with Gasteiger partial charge in [0.15, 0.2) is 0 Å². The zero-order chi connectivity index (χ0) is 19.4. The third-order valence-electron chi connectivity index (χ3n) is 9.31. The average Bonchev–Trinajstić information content (AvgIpc) is 2.91. The van der Waals surface area contributed by atoms with Gasteiger partial charge in [-0.1, -0.05) is 58.4 Å². The molecule has 0 saturated heterocycles. The van der Waals surface area contributed by atoms with Gasteiger partial charge in [-0.25, -0.2) is 0 Å². The van der Waals surface area contributed by atoms with Crippen LogP contribution in [0, 0.1) is 39.9 Å². The van der Waals surface area contributed by atoms with Crippen LogP contribution >= 0.6 is 0 Å². The van der Waals surface area contributed by atoms with Crippen molar-refractivity contribution in [2.45, 2.75) is 98.5 Å². The molecule has 7 atom stereocenters. The van der Waals surface area contributed by atoms with Gasteiger partial charge >= 0.3 is 0 Å². The Kier molecular flexibility index (Phi) is 4.94. The van der Waals surface area contributed by atoms with Gasteiger partial charge in [0.2, 0.25) is 0 Å². The summed E-state index contributed by atoms with van der Waals surface area (Å²) in [5.74, 6) is 3.57. The summed E-state index contributed by atoms with van der Waals surface area (Å²) >= 11 is 0. The standard InChI is InChI=1S/C26H42O/c1-24(2,3)14-6-7-18-9-11-22-21-10-8-19-17-20(27)12-15-26(19,5)23(21)13-16-25(18,22)4/h6,8,14,18,20-23,27H,7,9-13,15-17H2,1-5H3/b14-6+/t18-,20-,21-,22-,23-,25+,26-/m0/s1. The summed E-state index contributed by atoms with van der Waals surface area (Å²) < 4.78 is 0. The van der Waals surface area contributed by atoms with Crippen LogP contribution in [0.25, 0.3) is 0 Å². The summed E-state index contributed by atoms with van der Waals surface area (Å²) in [7, 11) is 0. The van der Waals surface area contributed by atoms with Crippen LogP contribution < -0.4 is 0 Å². The largest absolute Gasteiger partial charge is 0.393 e. The average molecular weight is 371 g/mol. The molecule has 4 aliphatic rings. The van der Waals surface area contributed by atoms with Crippen LogP contribution in [-0.2, 0) is 0 Å². The van der Waals surface area contributed by atoms with E-state index in [4.69, 9.17) is 0 Å². The Balaban J connectivity index is 1.53. The summed E-state index contributed by atoms with van der Waals surface area (Å²) in [4.78, 5) is 0. The predicted octanol–water partition coefficient (Wildman–Crippen LogP) is 6.92. The molecule has 3 saturated carbocycles. The summed E-state index contributed by atoms with van der Waals surface area (Å²) in [5.41, 5.74) is 2.85. The number of fused-ring (bicyclic) bond motifs is 5. The second kappa shape index (κ2) is 6.75. The van der Waals surface area contributed by atoms with Crippen molar-refractivity contribution in [1.82, 2.24) is 0 Å². The second-order valence-electron chi connectivity index (χ2n) is 12.0. The van der Waals surface area contributed by atoms with Crippen molar-refractivity contribution in [3.8, 4) is 0 Å². The van der Waals surface area contributed by atoms with Crippen molar-refractivity contribution in [2.24, 2.45) is 39.9 Å². The van der Waals surface area contributed by atoms with Gasteiger partial charge < -0.3 is 5.11 Å². The van der Waals surface area contributed by atoms with Gasteiger partial charge in [0.25, 0.3) is 0 Å². The van der Waals surface area contributed by atoms with Crippen molar-refractivity contribution in [1.29, 1.82) is 0 Å². The lowest BCUT2D eigenvalue weighted by Gasteiger charge is -2.58. The molecule has 0 heterocycles. The fraction of sp³-hybridized carbons (Fsp3) is 0.846. The van der Waals surface area contributed by atoms with E-state index in [1.165, 1.54) is 44.9 Å². The van der Waals surface area contributed by atoms with Gasteiger partial charge in [-0.2, -0.15) is 0 Å². The van der Waals surface area contributed by atoms with E-state index < -0.39 is 0 Å². The number of aliphatic hydroxyl groups is 1.